The smallest absolute Gasteiger partial charge is 0.315 e. The van der Waals surface area contributed by atoms with Crippen molar-refractivity contribution in [3.05, 3.63) is 50.1 Å². The first kappa shape index (κ1) is 17.8. The first-order valence-corrected chi connectivity index (χ1v) is 8.50. The lowest BCUT2D eigenvalue weighted by Crippen LogP contribution is -2.00. The largest absolute Gasteiger partial charge is 0.493 e. The highest BCUT2D eigenvalue weighted by Crippen LogP contribution is 2.37. The standard InChI is InChI=1S/C15H13N5O4S2/c1-23-11-7-9(6-10(20(21)22)13(11)24-2)8-16-19-14(17-18-15(19)25)12-4-3-5-26-12/h3-8H,1-2H3,(H,18,25)/b16-8-. The van der Waals surface area contributed by atoms with Crippen LogP contribution in [0.25, 0.3) is 10.7 Å². The molecule has 0 unspecified atom stereocenters. The fourth-order valence-electron chi connectivity index (χ4n) is 2.26. The third kappa shape index (κ3) is 3.34. The lowest BCUT2D eigenvalue weighted by atomic mass is 10.2. The molecule has 3 aromatic rings. The van der Waals surface area contributed by atoms with Gasteiger partial charge in [-0.2, -0.15) is 14.9 Å². The molecule has 0 aliphatic heterocycles. The molecule has 3 rings (SSSR count). The van der Waals surface area contributed by atoms with Crippen molar-refractivity contribution in [1.29, 1.82) is 0 Å². The van der Waals surface area contributed by atoms with Gasteiger partial charge in [-0.25, -0.2) is 5.10 Å². The van der Waals surface area contributed by atoms with Crippen molar-refractivity contribution in [1.82, 2.24) is 14.9 Å². The summed E-state index contributed by atoms with van der Waals surface area (Å²) in [6.45, 7) is 0. The highest BCUT2D eigenvalue weighted by atomic mass is 32.1. The molecule has 1 aromatic carbocycles. The van der Waals surface area contributed by atoms with Gasteiger partial charge < -0.3 is 9.47 Å². The Labute approximate surface area is 156 Å². The number of rotatable bonds is 6. The van der Waals surface area contributed by atoms with Crippen molar-refractivity contribution in [2.75, 3.05) is 14.2 Å². The van der Waals surface area contributed by atoms with Crippen LogP contribution in [0.15, 0.2) is 34.7 Å². The van der Waals surface area contributed by atoms with E-state index in [0.717, 1.165) is 4.88 Å². The average molecular weight is 391 g/mol. The molecular weight excluding hydrogens is 378 g/mol. The molecule has 2 heterocycles. The molecule has 0 saturated heterocycles. The third-order valence-electron chi connectivity index (χ3n) is 3.39. The van der Waals surface area contributed by atoms with Crippen LogP contribution in [0.5, 0.6) is 11.5 Å². The lowest BCUT2D eigenvalue weighted by Gasteiger charge is -2.08. The van der Waals surface area contributed by atoms with E-state index in [1.165, 1.54) is 42.5 Å². The normalized spacial score (nSPS) is 11.0. The number of H-pyrrole nitrogens is 1. The molecule has 0 bridgehead atoms. The second-order valence-corrected chi connectivity index (χ2v) is 6.25. The first-order chi connectivity index (χ1) is 12.5. The number of nitrogens with zero attached hydrogens (tertiary/aromatic N) is 4. The lowest BCUT2D eigenvalue weighted by molar-refractivity contribution is -0.385. The van der Waals surface area contributed by atoms with Crippen molar-refractivity contribution in [2.24, 2.45) is 5.10 Å². The van der Waals surface area contributed by atoms with Crippen molar-refractivity contribution in [3.63, 3.8) is 0 Å². The number of aromatic amines is 1. The van der Waals surface area contributed by atoms with Gasteiger partial charge in [0, 0.05) is 11.6 Å². The molecule has 1 N–H and O–H groups in total. The average Bonchev–Trinajstić information content (AvgIpc) is 3.28. The number of hydrogen-bond acceptors (Lipinski definition) is 8. The van der Waals surface area contributed by atoms with E-state index in [2.05, 4.69) is 15.3 Å². The highest BCUT2D eigenvalue weighted by Gasteiger charge is 2.21. The second kappa shape index (κ2) is 7.45. The number of ether oxygens (including phenoxy) is 2. The van der Waals surface area contributed by atoms with E-state index in [1.54, 1.807) is 6.07 Å². The minimum absolute atomic E-state index is 0.0499. The number of thiophene rings is 1. The molecule has 0 aliphatic rings. The van der Waals surface area contributed by atoms with Crippen molar-refractivity contribution in [2.45, 2.75) is 0 Å². The third-order valence-corrected chi connectivity index (χ3v) is 4.52. The van der Waals surface area contributed by atoms with Crippen LogP contribution in [0.1, 0.15) is 5.56 Å². The van der Waals surface area contributed by atoms with Crippen molar-refractivity contribution >= 4 is 35.5 Å². The zero-order valence-corrected chi connectivity index (χ0v) is 15.3. The van der Waals surface area contributed by atoms with Crippen molar-refractivity contribution < 1.29 is 14.4 Å². The Kier molecular flexibility index (Phi) is 5.09. The van der Waals surface area contributed by atoms with Gasteiger partial charge in [0.2, 0.25) is 10.5 Å². The number of benzene rings is 1. The number of nitro groups is 1. The van der Waals surface area contributed by atoms with Crippen LogP contribution in [0, 0.1) is 14.9 Å². The SMILES string of the molecule is COc1cc(/C=N\n2c(-c3cccs3)n[nH]c2=S)cc([N+](=O)[O-])c1OC. The Morgan fingerprint density at radius 1 is 1.42 bits per heavy atom. The van der Waals surface area contributed by atoms with E-state index in [-0.39, 0.29) is 17.2 Å². The summed E-state index contributed by atoms with van der Waals surface area (Å²) in [5.41, 5.74) is 0.233. The summed E-state index contributed by atoms with van der Waals surface area (Å²) in [6.07, 6.45) is 1.44. The molecule has 134 valence electrons. The zero-order chi connectivity index (χ0) is 18.7. The van der Waals surface area contributed by atoms with E-state index in [9.17, 15) is 10.1 Å². The summed E-state index contributed by atoms with van der Waals surface area (Å²) in [7, 11) is 2.75. The molecule has 26 heavy (non-hydrogen) atoms. The fourth-order valence-corrected chi connectivity index (χ4v) is 3.14. The van der Waals surface area contributed by atoms with E-state index in [0.29, 0.717) is 16.2 Å². The molecule has 0 atom stereocenters. The van der Waals surface area contributed by atoms with E-state index >= 15 is 0 Å². The Hall–Kier alpha value is -3.05. The maximum Gasteiger partial charge on any atom is 0.315 e. The van der Waals surface area contributed by atoms with Gasteiger partial charge >= 0.3 is 5.69 Å². The highest BCUT2D eigenvalue weighted by molar-refractivity contribution is 7.71. The zero-order valence-electron chi connectivity index (χ0n) is 13.7. The molecule has 0 saturated carbocycles. The van der Waals surface area contributed by atoms with Gasteiger partial charge in [0.1, 0.15) is 0 Å². The quantitative estimate of drug-likeness (QED) is 0.298. The molecule has 9 nitrogen and oxygen atoms in total. The number of hydrogen-bond donors (Lipinski definition) is 1. The number of nitrogens with one attached hydrogen (secondary N) is 1. The molecular formula is C15H13N5O4S2. The summed E-state index contributed by atoms with van der Waals surface area (Å²) >= 11 is 6.69. The number of nitro benzene ring substituents is 1. The van der Waals surface area contributed by atoms with Gasteiger partial charge in [0.05, 0.1) is 30.2 Å². The van der Waals surface area contributed by atoms with Gasteiger partial charge in [-0.1, -0.05) is 6.07 Å². The van der Waals surface area contributed by atoms with E-state index in [4.69, 9.17) is 21.7 Å². The summed E-state index contributed by atoms with van der Waals surface area (Å²) in [5, 5.41) is 24.4. The number of methoxy groups -OCH3 is 2. The van der Waals surface area contributed by atoms with Crippen LogP contribution in [-0.4, -0.2) is 40.2 Å². The van der Waals surface area contributed by atoms with Gasteiger partial charge in [0.15, 0.2) is 11.6 Å². The van der Waals surface area contributed by atoms with Crippen LogP contribution in [0.4, 0.5) is 5.69 Å². The summed E-state index contributed by atoms with van der Waals surface area (Å²) in [5.74, 6) is 0.836. The maximum absolute atomic E-state index is 11.3. The van der Waals surface area contributed by atoms with Crippen LogP contribution in [-0.2, 0) is 0 Å². The summed E-state index contributed by atoms with van der Waals surface area (Å²) < 4.78 is 12.0. The Morgan fingerprint density at radius 2 is 2.23 bits per heavy atom. The molecule has 0 amide bonds. The molecule has 11 heteroatoms. The number of aromatic nitrogens is 3. The monoisotopic (exact) mass is 391 g/mol. The van der Waals surface area contributed by atoms with Gasteiger partial charge in [0.25, 0.3) is 0 Å². The van der Waals surface area contributed by atoms with Gasteiger partial charge in [-0.3, -0.25) is 10.1 Å². The topological polar surface area (TPSA) is 108 Å². The van der Waals surface area contributed by atoms with Crippen LogP contribution >= 0.6 is 23.6 Å². The van der Waals surface area contributed by atoms with E-state index in [1.807, 2.05) is 17.5 Å². The van der Waals surface area contributed by atoms with Crippen LogP contribution < -0.4 is 9.47 Å². The molecule has 2 aromatic heterocycles. The van der Waals surface area contributed by atoms with E-state index < -0.39 is 4.92 Å². The van der Waals surface area contributed by atoms with Gasteiger partial charge in [-0.05, 0) is 29.7 Å². The Morgan fingerprint density at radius 3 is 2.85 bits per heavy atom. The first-order valence-electron chi connectivity index (χ1n) is 7.21. The fraction of sp³-hybridized carbons (Fsp3) is 0.133. The second-order valence-electron chi connectivity index (χ2n) is 4.92. The molecule has 0 fully saturated rings. The molecule has 0 aliphatic carbocycles. The minimum Gasteiger partial charge on any atom is -0.493 e. The minimum atomic E-state index is -0.542. The van der Waals surface area contributed by atoms with Crippen molar-refractivity contribution in [3.8, 4) is 22.2 Å². The molecule has 0 spiro atoms. The van der Waals surface area contributed by atoms with Crippen LogP contribution in [0.3, 0.4) is 0 Å². The Bertz CT molecular complexity index is 1020. The maximum atomic E-state index is 11.3. The Balaban J connectivity index is 2.05. The summed E-state index contributed by atoms with van der Waals surface area (Å²) in [6, 6.07) is 6.72. The van der Waals surface area contributed by atoms with Gasteiger partial charge in [-0.15, -0.1) is 11.3 Å². The summed E-state index contributed by atoms with van der Waals surface area (Å²) in [4.78, 5) is 11.6. The predicted molar refractivity (Wildman–Crippen MR) is 99.9 cm³/mol. The predicted octanol–water partition coefficient (Wildman–Crippen LogP) is 3.48. The van der Waals surface area contributed by atoms with Crippen LogP contribution in [0.2, 0.25) is 0 Å². The molecule has 0 radical (unpaired) electrons.